The molecule has 8 rings (SSSR count). The molecule has 0 spiro atoms. The fraction of sp³-hybridized carbons (Fsp3) is 0.846. The smallest absolute Gasteiger partial charge is 0.338 e. The Bertz CT molecular complexity index is 2630. The lowest BCUT2D eigenvalue weighted by Crippen LogP contribution is -2.76. The zero-order chi connectivity index (χ0) is 66.0. The number of methoxy groups -OCH3 is 1. The molecule has 0 bridgehead atoms. The molecule has 5 aliphatic carbocycles. The first-order chi connectivity index (χ1) is 41.6. The van der Waals surface area contributed by atoms with Crippen LogP contribution >= 0.6 is 0 Å². The largest absolute Gasteiger partial charge is 0.467 e. The van der Waals surface area contributed by atoms with Crippen LogP contribution in [0.1, 0.15) is 148 Å². The molecule has 89 heavy (non-hydrogen) atoms. The van der Waals surface area contributed by atoms with E-state index in [0.29, 0.717) is 63.4 Å². The van der Waals surface area contributed by atoms with Crippen LogP contribution in [-0.4, -0.2) is 218 Å². The molecule has 3 saturated heterocycles. The van der Waals surface area contributed by atoms with Crippen LogP contribution in [0.4, 0.5) is 0 Å². The molecule has 506 valence electrons. The summed E-state index contributed by atoms with van der Waals surface area (Å²) >= 11 is 0. The molecule has 27 atom stereocenters. The minimum Gasteiger partial charge on any atom is -0.467 e. The van der Waals surface area contributed by atoms with Crippen molar-refractivity contribution in [2.75, 3.05) is 26.9 Å². The first-order valence-electron chi connectivity index (χ1n) is 31.8. The number of rotatable bonds is 19. The number of esters is 4. The van der Waals surface area contributed by atoms with E-state index in [9.17, 15) is 70.2 Å². The number of allylic oxidation sites excluding steroid dienone is 4. The molecule has 8 aliphatic rings. The van der Waals surface area contributed by atoms with Crippen molar-refractivity contribution in [2.45, 2.75) is 264 Å². The highest BCUT2D eigenvalue weighted by Gasteiger charge is 2.76. The average Bonchev–Trinajstić information content (AvgIpc) is 1.00. The third-order valence-corrected chi connectivity index (χ3v) is 22.8. The van der Waals surface area contributed by atoms with Crippen molar-refractivity contribution >= 4 is 23.9 Å². The Morgan fingerprint density at radius 2 is 1.27 bits per heavy atom. The summed E-state index contributed by atoms with van der Waals surface area (Å²) in [5.41, 5.74) is -3.43. The third-order valence-electron chi connectivity index (χ3n) is 22.8. The van der Waals surface area contributed by atoms with Gasteiger partial charge in [-0.1, -0.05) is 91.7 Å². The van der Waals surface area contributed by atoms with E-state index in [1.165, 1.54) is 0 Å². The number of fused-ring (bicyclic) bond motifs is 7. The van der Waals surface area contributed by atoms with E-state index < -0.39 is 205 Å². The van der Waals surface area contributed by atoms with E-state index in [2.05, 4.69) is 26.0 Å². The number of hydrogen-bond acceptors (Lipinski definition) is 24. The van der Waals surface area contributed by atoms with Crippen molar-refractivity contribution in [1.82, 2.24) is 0 Å². The van der Waals surface area contributed by atoms with Crippen molar-refractivity contribution in [3.05, 3.63) is 34.9 Å². The molecule has 1 unspecified atom stereocenters. The van der Waals surface area contributed by atoms with E-state index in [0.717, 1.165) is 25.2 Å². The van der Waals surface area contributed by atoms with E-state index in [1.54, 1.807) is 19.9 Å². The zero-order valence-corrected chi connectivity index (χ0v) is 54.2. The molecule has 4 saturated carbocycles. The zero-order valence-electron chi connectivity index (χ0n) is 54.2. The van der Waals surface area contributed by atoms with Gasteiger partial charge in [0.15, 0.2) is 43.3 Å². The maximum atomic E-state index is 14.1. The summed E-state index contributed by atoms with van der Waals surface area (Å²) in [7, 11) is 1.06. The molecule has 3 aliphatic heterocycles. The first kappa shape index (κ1) is 71.3. The van der Waals surface area contributed by atoms with Crippen molar-refractivity contribution in [3.8, 4) is 0 Å². The number of carbonyl (C=O) groups is 4. The van der Waals surface area contributed by atoms with Gasteiger partial charge in [0, 0.05) is 23.3 Å². The highest BCUT2D eigenvalue weighted by atomic mass is 16.8. The van der Waals surface area contributed by atoms with Gasteiger partial charge < -0.3 is 98.4 Å². The maximum absolute atomic E-state index is 14.1. The number of ether oxygens (including phenoxy) is 10. The number of unbranched alkanes of at least 4 members (excludes halogenated alkanes) is 1. The summed E-state index contributed by atoms with van der Waals surface area (Å²) in [4.78, 5) is 55.4. The molecule has 7 fully saturated rings. The Morgan fingerprint density at radius 1 is 0.674 bits per heavy atom. The Balaban J connectivity index is 1.14. The van der Waals surface area contributed by atoms with Gasteiger partial charge >= 0.3 is 23.9 Å². The van der Waals surface area contributed by atoms with Crippen molar-refractivity contribution < 1.29 is 118 Å². The monoisotopic (exact) mass is 1270 g/mol. The summed E-state index contributed by atoms with van der Waals surface area (Å²) in [6.45, 7) is 22.4. The summed E-state index contributed by atoms with van der Waals surface area (Å²) < 4.78 is 61.5. The summed E-state index contributed by atoms with van der Waals surface area (Å²) in [5.74, 6) is -4.77. The first-order valence-corrected chi connectivity index (χ1v) is 31.8. The van der Waals surface area contributed by atoms with E-state index in [1.807, 2.05) is 55.4 Å². The van der Waals surface area contributed by atoms with Gasteiger partial charge in [0.05, 0.1) is 56.6 Å². The average molecular weight is 1270 g/mol. The van der Waals surface area contributed by atoms with Crippen LogP contribution in [0.5, 0.6) is 0 Å². The predicted molar refractivity (Wildman–Crippen MR) is 314 cm³/mol. The highest BCUT2D eigenvalue weighted by Crippen LogP contribution is 2.76. The predicted octanol–water partition coefficient (Wildman–Crippen LogP) is 2.73. The van der Waals surface area contributed by atoms with E-state index in [-0.39, 0.29) is 11.8 Å². The number of aliphatic hydroxyl groups excluding tert-OH is 10. The lowest BCUT2D eigenvalue weighted by Gasteiger charge is -2.73. The minimum absolute atomic E-state index is 0.150. The standard InChI is InChI=1S/C65H102O24/c1-15-31(4)54(77)89-53-52(88-55(78)32(5)19-17-16-18-30(2)3)60(7,8)26-35-34-20-21-39-62(11)24-23-40(61(9,10)38(62)22-25-63(39,12)64(34,13)50(75)51(76)65(35,53)29-68)84-59-49(87-58-45(74)43(72)41(70)36(27-66)82-58)47(81-33(6)69)46(48(86-59)56(79)80-14)85-57-44(73)42(71)37(28-67)83-57/h18-20,31,35-53,57-59,66-68,70-76H,15-17,21-29H2,1-14H3/b32-19-/t31?,35-,36+,37-,38-,39+,40-,41+,42-,43-,44+,45+,46-,47-,48-,49+,50-,51+,52-,53-,57-,58-,59+,62-,63+,64-,65-/m0/s1. The lowest BCUT2D eigenvalue weighted by atomic mass is 9.32. The van der Waals surface area contributed by atoms with Gasteiger partial charge in [0.2, 0.25) is 0 Å². The molecule has 0 amide bonds. The van der Waals surface area contributed by atoms with Crippen LogP contribution in [-0.2, 0) is 66.5 Å². The van der Waals surface area contributed by atoms with Crippen LogP contribution in [0, 0.1) is 56.2 Å². The van der Waals surface area contributed by atoms with Crippen molar-refractivity contribution in [2.24, 2.45) is 56.2 Å². The van der Waals surface area contributed by atoms with Crippen LogP contribution in [0.15, 0.2) is 34.9 Å². The molecule has 0 radical (unpaired) electrons. The second kappa shape index (κ2) is 27.1. The topological polar surface area (TPSA) is 363 Å². The summed E-state index contributed by atoms with van der Waals surface area (Å²) in [6.07, 6.45) is -20.6. The van der Waals surface area contributed by atoms with Gasteiger partial charge in [-0.3, -0.25) is 9.59 Å². The third kappa shape index (κ3) is 12.4. The number of hydrogen-bond donors (Lipinski definition) is 10. The van der Waals surface area contributed by atoms with E-state index >= 15 is 0 Å². The molecule has 24 nitrogen and oxygen atoms in total. The molecule has 0 aromatic carbocycles. The summed E-state index contributed by atoms with van der Waals surface area (Å²) in [5, 5.41) is 113. The van der Waals surface area contributed by atoms with Gasteiger partial charge in [-0.25, -0.2) is 9.59 Å². The Hall–Kier alpha value is -3.54. The van der Waals surface area contributed by atoms with Crippen LogP contribution in [0.25, 0.3) is 0 Å². The number of carbonyl (C=O) groups excluding carboxylic acids is 4. The summed E-state index contributed by atoms with van der Waals surface area (Å²) in [6, 6.07) is 0. The van der Waals surface area contributed by atoms with Crippen LogP contribution in [0.2, 0.25) is 0 Å². The molecule has 0 aromatic rings. The van der Waals surface area contributed by atoms with Crippen LogP contribution < -0.4 is 0 Å². The quantitative estimate of drug-likeness (QED) is 0.0222. The fourth-order valence-electron chi connectivity index (χ4n) is 17.4. The second-order valence-corrected chi connectivity index (χ2v) is 28.9. The van der Waals surface area contributed by atoms with Crippen LogP contribution in [0.3, 0.4) is 0 Å². The van der Waals surface area contributed by atoms with Crippen molar-refractivity contribution in [3.63, 3.8) is 0 Å². The molecule has 10 N–H and O–H groups in total. The molecular formula is C65H102O24. The number of aliphatic hydroxyl groups is 10. The fourth-order valence-corrected chi connectivity index (χ4v) is 17.4. The minimum atomic E-state index is -2.00. The highest BCUT2D eigenvalue weighted by molar-refractivity contribution is 5.88. The Kier molecular flexibility index (Phi) is 21.7. The Labute approximate surface area is 522 Å². The van der Waals surface area contributed by atoms with E-state index in [4.69, 9.17) is 47.4 Å². The maximum Gasteiger partial charge on any atom is 0.338 e. The van der Waals surface area contributed by atoms with Gasteiger partial charge in [0.25, 0.3) is 0 Å². The molecule has 0 aromatic heterocycles. The van der Waals surface area contributed by atoms with Gasteiger partial charge in [0.1, 0.15) is 54.9 Å². The molecular weight excluding hydrogens is 1160 g/mol. The molecule has 24 heteroatoms. The lowest BCUT2D eigenvalue weighted by molar-refractivity contribution is -0.383. The van der Waals surface area contributed by atoms with Crippen molar-refractivity contribution in [1.29, 1.82) is 0 Å². The Morgan fingerprint density at radius 3 is 1.84 bits per heavy atom. The SMILES string of the molecule is CCC(C)C(=O)O[C@H]1[C@H](OC(=O)/C(C)=C\CCC=C(C)C)C(C)(C)C[C@H]2C3=CC[C@@H]4[C@@]5(C)CC[C@H](O[C@@H]6O[C@H](C(=O)OC)[C@@H](O[C@@H]7O[C@@H](CO)[C@H](O)[C@H]7O)[C@H](OC(C)=O)[C@H]6O[C@@H]6O[C@H](CO)[C@@H](O)[C@H](O)[C@H]6O)C(C)(C)[C@@H]5CC[C@@]4(C)[C@]3(C)[C@@H](O)[C@@H](O)[C@]21CO. The van der Waals surface area contributed by atoms with Gasteiger partial charge in [-0.15, -0.1) is 0 Å². The van der Waals surface area contributed by atoms with Gasteiger partial charge in [-0.05, 0) is 113 Å². The second-order valence-electron chi connectivity index (χ2n) is 28.9. The normalized spacial score (nSPS) is 45.3. The molecule has 3 heterocycles. The van der Waals surface area contributed by atoms with Gasteiger partial charge in [-0.2, -0.15) is 0 Å².